The minimum atomic E-state index is 0.00754. The maximum Gasteiger partial charge on any atom is 0.142 e. The van der Waals surface area contributed by atoms with E-state index in [1.165, 1.54) is 0 Å². The molecule has 1 heterocycles. The Morgan fingerprint density at radius 3 is 2.78 bits per heavy atom. The Morgan fingerprint density at radius 2 is 2.17 bits per heavy atom. The molecule has 96 valence electrons. The van der Waals surface area contributed by atoms with Crippen LogP contribution in [0.25, 0.3) is 0 Å². The molecule has 3 heteroatoms. The van der Waals surface area contributed by atoms with Gasteiger partial charge in [-0.2, -0.15) is 5.26 Å². The van der Waals surface area contributed by atoms with E-state index in [0.717, 1.165) is 24.4 Å². The summed E-state index contributed by atoms with van der Waals surface area (Å²) >= 11 is 0. The summed E-state index contributed by atoms with van der Waals surface area (Å²) in [7, 11) is 0. The van der Waals surface area contributed by atoms with Crippen molar-refractivity contribution in [2.45, 2.75) is 32.7 Å². The summed E-state index contributed by atoms with van der Waals surface area (Å²) in [5.41, 5.74) is 1.11. The summed E-state index contributed by atoms with van der Waals surface area (Å²) in [4.78, 5) is 2.30. The number of ether oxygens (including phenoxy) is 1. The van der Waals surface area contributed by atoms with Crippen LogP contribution in [-0.4, -0.2) is 18.7 Å². The Morgan fingerprint density at radius 1 is 1.44 bits per heavy atom. The molecule has 1 aromatic rings. The second kappa shape index (κ2) is 4.89. The SMILES string of the molecule is CCOc1ccccc1N1CC(C#N)CC1(C)C. The quantitative estimate of drug-likeness (QED) is 0.819. The van der Waals surface area contributed by atoms with Crippen molar-refractivity contribution < 1.29 is 4.74 Å². The van der Waals surface area contributed by atoms with E-state index < -0.39 is 0 Å². The van der Waals surface area contributed by atoms with Gasteiger partial charge in [0.15, 0.2) is 0 Å². The summed E-state index contributed by atoms with van der Waals surface area (Å²) in [6, 6.07) is 10.5. The Bertz CT molecular complexity index is 462. The topological polar surface area (TPSA) is 36.3 Å². The van der Waals surface area contributed by atoms with Crippen molar-refractivity contribution in [3.8, 4) is 11.8 Å². The first-order chi connectivity index (χ1) is 8.58. The first kappa shape index (κ1) is 12.8. The van der Waals surface area contributed by atoms with E-state index in [0.29, 0.717) is 6.61 Å². The molecule has 0 aromatic heterocycles. The molecule has 1 saturated heterocycles. The van der Waals surface area contributed by atoms with Crippen LogP contribution in [-0.2, 0) is 0 Å². The fraction of sp³-hybridized carbons (Fsp3) is 0.533. The van der Waals surface area contributed by atoms with Crippen LogP contribution < -0.4 is 9.64 Å². The first-order valence-corrected chi connectivity index (χ1v) is 6.47. The molecule has 0 N–H and O–H groups in total. The minimum Gasteiger partial charge on any atom is -0.492 e. The van der Waals surface area contributed by atoms with Crippen molar-refractivity contribution in [2.75, 3.05) is 18.1 Å². The van der Waals surface area contributed by atoms with Crippen LogP contribution in [0.4, 0.5) is 5.69 Å². The zero-order valence-electron chi connectivity index (χ0n) is 11.3. The Labute approximate surface area is 109 Å². The molecule has 0 saturated carbocycles. The van der Waals surface area contributed by atoms with E-state index in [9.17, 15) is 0 Å². The summed E-state index contributed by atoms with van der Waals surface area (Å²) in [6.07, 6.45) is 0.907. The predicted molar refractivity (Wildman–Crippen MR) is 72.8 cm³/mol. The lowest BCUT2D eigenvalue weighted by Gasteiger charge is -2.34. The van der Waals surface area contributed by atoms with Crippen molar-refractivity contribution in [1.29, 1.82) is 5.26 Å². The highest BCUT2D eigenvalue weighted by molar-refractivity contribution is 5.61. The van der Waals surface area contributed by atoms with Crippen LogP contribution in [0.3, 0.4) is 0 Å². The third-order valence-electron chi connectivity index (χ3n) is 3.52. The Kier molecular flexibility index (Phi) is 3.47. The van der Waals surface area contributed by atoms with Crippen molar-refractivity contribution >= 4 is 5.69 Å². The molecule has 0 aliphatic carbocycles. The number of benzene rings is 1. The fourth-order valence-corrected chi connectivity index (χ4v) is 2.71. The molecule has 18 heavy (non-hydrogen) atoms. The lowest BCUT2D eigenvalue weighted by atomic mass is 9.97. The third kappa shape index (κ3) is 2.28. The Hall–Kier alpha value is -1.69. The molecule has 1 fully saturated rings. The second-order valence-electron chi connectivity index (χ2n) is 5.35. The van der Waals surface area contributed by atoms with Gasteiger partial charge in [-0.15, -0.1) is 0 Å². The summed E-state index contributed by atoms with van der Waals surface area (Å²) in [6.45, 7) is 7.81. The fourth-order valence-electron chi connectivity index (χ4n) is 2.71. The highest BCUT2D eigenvalue weighted by Gasteiger charge is 2.39. The summed E-state index contributed by atoms with van der Waals surface area (Å²) in [5.74, 6) is 1.02. The average Bonchev–Trinajstić information content (AvgIpc) is 2.66. The molecule has 1 aliphatic rings. The molecule has 1 unspecified atom stereocenters. The maximum atomic E-state index is 9.13. The molecule has 2 rings (SSSR count). The van der Waals surface area contributed by atoms with Gasteiger partial charge in [0.25, 0.3) is 0 Å². The first-order valence-electron chi connectivity index (χ1n) is 6.47. The number of para-hydroxylation sites is 2. The van der Waals surface area contributed by atoms with Crippen LogP contribution in [0.2, 0.25) is 0 Å². The van der Waals surface area contributed by atoms with Gasteiger partial charge < -0.3 is 9.64 Å². The molecule has 1 aromatic carbocycles. The second-order valence-corrected chi connectivity index (χ2v) is 5.35. The molecule has 3 nitrogen and oxygen atoms in total. The van der Waals surface area contributed by atoms with Gasteiger partial charge in [0.1, 0.15) is 5.75 Å². The number of rotatable bonds is 3. The van der Waals surface area contributed by atoms with Crippen LogP contribution in [0.5, 0.6) is 5.75 Å². The molecular weight excluding hydrogens is 224 g/mol. The molecular formula is C15H20N2O. The van der Waals surface area contributed by atoms with Gasteiger partial charge in [0.05, 0.1) is 24.3 Å². The highest BCUT2D eigenvalue weighted by Crippen LogP contribution is 2.40. The number of hydrogen-bond donors (Lipinski definition) is 0. The van der Waals surface area contributed by atoms with Gasteiger partial charge in [-0.3, -0.25) is 0 Å². The lowest BCUT2D eigenvalue weighted by molar-refractivity contribution is 0.338. The van der Waals surface area contributed by atoms with Crippen LogP contribution in [0.1, 0.15) is 27.2 Å². The van der Waals surface area contributed by atoms with Gasteiger partial charge in [-0.25, -0.2) is 0 Å². The standard InChI is InChI=1S/C15H20N2O/c1-4-18-14-8-6-5-7-13(14)17-11-12(10-16)9-15(17,2)3/h5-8,12H,4,9,11H2,1-3H3. The van der Waals surface area contributed by atoms with Crippen LogP contribution in [0.15, 0.2) is 24.3 Å². The number of nitrogens with zero attached hydrogens (tertiary/aromatic N) is 2. The van der Waals surface area contributed by atoms with Crippen LogP contribution in [0, 0.1) is 17.2 Å². The van der Waals surface area contributed by atoms with Crippen molar-refractivity contribution in [1.82, 2.24) is 0 Å². The zero-order chi connectivity index (χ0) is 13.2. The Balaban J connectivity index is 2.34. The van der Waals surface area contributed by atoms with E-state index >= 15 is 0 Å². The van der Waals surface area contributed by atoms with E-state index in [-0.39, 0.29) is 11.5 Å². The molecule has 1 atom stereocenters. The highest BCUT2D eigenvalue weighted by atomic mass is 16.5. The molecule has 0 radical (unpaired) electrons. The predicted octanol–water partition coefficient (Wildman–Crippen LogP) is 3.21. The van der Waals surface area contributed by atoms with Gasteiger partial charge >= 0.3 is 0 Å². The van der Waals surface area contributed by atoms with Gasteiger partial charge in [-0.1, -0.05) is 12.1 Å². The largest absolute Gasteiger partial charge is 0.492 e. The number of hydrogen-bond acceptors (Lipinski definition) is 3. The van der Waals surface area contributed by atoms with E-state index in [2.05, 4.69) is 30.9 Å². The smallest absolute Gasteiger partial charge is 0.142 e. The summed E-state index contributed by atoms with van der Waals surface area (Å²) < 4.78 is 5.69. The molecule has 1 aliphatic heterocycles. The van der Waals surface area contributed by atoms with Crippen molar-refractivity contribution in [3.63, 3.8) is 0 Å². The number of anilines is 1. The average molecular weight is 244 g/mol. The van der Waals surface area contributed by atoms with Crippen LogP contribution >= 0.6 is 0 Å². The van der Waals surface area contributed by atoms with E-state index in [4.69, 9.17) is 10.00 Å². The normalized spacial score (nSPS) is 21.7. The molecule has 0 spiro atoms. The lowest BCUT2D eigenvalue weighted by Crippen LogP contribution is -2.38. The van der Waals surface area contributed by atoms with Gasteiger partial charge in [-0.05, 0) is 39.3 Å². The minimum absolute atomic E-state index is 0.00754. The van der Waals surface area contributed by atoms with Gasteiger partial charge in [0.2, 0.25) is 0 Å². The number of nitriles is 1. The monoisotopic (exact) mass is 244 g/mol. The maximum absolute atomic E-state index is 9.13. The zero-order valence-corrected chi connectivity index (χ0v) is 11.3. The molecule has 0 bridgehead atoms. The van der Waals surface area contributed by atoms with E-state index in [1.807, 2.05) is 25.1 Å². The van der Waals surface area contributed by atoms with E-state index in [1.54, 1.807) is 0 Å². The summed E-state index contributed by atoms with van der Waals surface area (Å²) in [5, 5.41) is 9.13. The van der Waals surface area contributed by atoms with Crippen molar-refractivity contribution in [2.24, 2.45) is 5.92 Å². The molecule has 0 amide bonds. The van der Waals surface area contributed by atoms with Gasteiger partial charge in [0, 0.05) is 12.1 Å². The van der Waals surface area contributed by atoms with Crippen molar-refractivity contribution in [3.05, 3.63) is 24.3 Å². The third-order valence-corrected chi connectivity index (χ3v) is 3.52.